The fourth-order valence-electron chi connectivity index (χ4n) is 2.14. The van der Waals surface area contributed by atoms with Gasteiger partial charge in [-0.25, -0.2) is 0 Å². The second-order valence-electron chi connectivity index (χ2n) is 4.47. The smallest absolute Gasteiger partial charge is 0.0594 e. The van der Waals surface area contributed by atoms with Crippen molar-refractivity contribution in [1.29, 1.82) is 0 Å². The lowest BCUT2D eigenvalue weighted by atomic mass is 10.3. The molecule has 0 atom stereocenters. The van der Waals surface area contributed by atoms with Crippen molar-refractivity contribution < 1.29 is 4.74 Å². The fourth-order valence-corrected chi connectivity index (χ4v) is 2.55. The first kappa shape index (κ1) is 13.0. The summed E-state index contributed by atoms with van der Waals surface area (Å²) in [7, 11) is 0. The number of hydrogen-bond acceptors (Lipinski definition) is 3. The molecule has 2 rings (SSSR count). The molecule has 1 aliphatic rings. The van der Waals surface area contributed by atoms with Crippen LogP contribution >= 0.6 is 15.9 Å². The molecule has 0 radical (unpaired) electrons. The molecular weight excluding hydrogens is 280 g/mol. The van der Waals surface area contributed by atoms with E-state index < -0.39 is 0 Å². The second-order valence-corrected chi connectivity index (χ2v) is 5.38. The van der Waals surface area contributed by atoms with E-state index >= 15 is 0 Å². The van der Waals surface area contributed by atoms with Gasteiger partial charge in [0.2, 0.25) is 0 Å². The molecule has 0 saturated heterocycles. The van der Waals surface area contributed by atoms with Gasteiger partial charge in [-0.3, -0.25) is 4.98 Å². The van der Waals surface area contributed by atoms with Crippen molar-refractivity contribution >= 4 is 15.9 Å². The first-order chi connectivity index (χ1) is 8.34. The van der Waals surface area contributed by atoms with Crippen molar-refractivity contribution in [3.8, 4) is 0 Å². The van der Waals surface area contributed by atoms with E-state index in [0.717, 1.165) is 24.2 Å². The van der Waals surface area contributed by atoms with Crippen molar-refractivity contribution in [2.24, 2.45) is 0 Å². The van der Waals surface area contributed by atoms with E-state index in [4.69, 9.17) is 4.74 Å². The van der Waals surface area contributed by atoms with Gasteiger partial charge in [0.15, 0.2) is 0 Å². The lowest BCUT2D eigenvalue weighted by Gasteiger charge is -2.11. The maximum Gasteiger partial charge on any atom is 0.0594 e. The van der Waals surface area contributed by atoms with Crippen LogP contribution in [0, 0.1) is 0 Å². The third-order valence-corrected chi connectivity index (χ3v) is 3.46. The van der Waals surface area contributed by atoms with Gasteiger partial charge in [0.05, 0.1) is 12.7 Å². The number of halogens is 1. The molecule has 1 aromatic heterocycles. The topological polar surface area (TPSA) is 34.2 Å². The summed E-state index contributed by atoms with van der Waals surface area (Å²) in [6, 6.07) is 2.08. The van der Waals surface area contributed by atoms with Gasteiger partial charge in [0.1, 0.15) is 0 Å². The molecule has 0 bridgehead atoms. The third kappa shape index (κ3) is 4.74. The zero-order valence-corrected chi connectivity index (χ0v) is 11.6. The number of ether oxygens (including phenoxy) is 1. The molecule has 1 saturated carbocycles. The molecule has 1 aliphatic carbocycles. The van der Waals surface area contributed by atoms with Gasteiger partial charge in [0.25, 0.3) is 0 Å². The zero-order valence-electron chi connectivity index (χ0n) is 9.99. The Morgan fingerprint density at radius 1 is 1.35 bits per heavy atom. The molecule has 94 valence electrons. The highest BCUT2D eigenvalue weighted by Gasteiger charge is 2.14. The highest BCUT2D eigenvalue weighted by molar-refractivity contribution is 9.10. The van der Waals surface area contributed by atoms with Crippen molar-refractivity contribution in [3.05, 3.63) is 28.5 Å². The molecule has 0 amide bonds. The summed E-state index contributed by atoms with van der Waals surface area (Å²) in [5, 5.41) is 3.37. The summed E-state index contributed by atoms with van der Waals surface area (Å²) >= 11 is 3.41. The van der Waals surface area contributed by atoms with Crippen LogP contribution in [0.3, 0.4) is 0 Å². The molecule has 0 aromatic carbocycles. The zero-order chi connectivity index (χ0) is 11.9. The molecule has 0 aliphatic heterocycles. The minimum absolute atomic E-state index is 0.518. The summed E-state index contributed by atoms with van der Waals surface area (Å²) < 4.78 is 6.80. The average molecular weight is 299 g/mol. The summed E-state index contributed by atoms with van der Waals surface area (Å²) in [4.78, 5) is 4.13. The Kier molecular flexibility index (Phi) is 5.42. The van der Waals surface area contributed by atoms with E-state index in [9.17, 15) is 0 Å². The van der Waals surface area contributed by atoms with Gasteiger partial charge < -0.3 is 10.1 Å². The molecule has 0 spiro atoms. The van der Waals surface area contributed by atoms with Crippen LogP contribution in [0.1, 0.15) is 31.2 Å². The van der Waals surface area contributed by atoms with Gasteiger partial charge in [-0.2, -0.15) is 0 Å². The predicted molar refractivity (Wildman–Crippen MR) is 71.9 cm³/mol. The first-order valence-corrected chi connectivity index (χ1v) is 7.05. The van der Waals surface area contributed by atoms with Gasteiger partial charge in [0, 0.05) is 30.0 Å². The number of rotatable bonds is 6. The molecule has 3 nitrogen and oxygen atoms in total. The Hall–Kier alpha value is -0.450. The lowest BCUT2D eigenvalue weighted by molar-refractivity contribution is 0.0602. The van der Waals surface area contributed by atoms with E-state index in [0.29, 0.717) is 6.10 Å². The summed E-state index contributed by atoms with van der Waals surface area (Å²) in [5.74, 6) is 0. The van der Waals surface area contributed by atoms with Crippen LogP contribution in [0.25, 0.3) is 0 Å². The molecule has 1 fully saturated rings. The summed E-state index contributed by atoms with van der Waals surface area (Å²) in [6.07, 6.45) is 9.36. The van der Waals surface area contributed by atoms with Crippen LogP contribution in [0.5, 0.6) is 0 Å². The Morgan fingerprint density at radius 3 is 2.94 bits per heavy atom. The van der Waals surface area contributed by atoms with Crippen LogP contribution in [0.4, 0.5) is 0 Å². The van der Waals surface area contributed by atoms with Crippen LogP contribution in [0.2, 0.25) is 0 Å². The normalized spacial score (nSPS) is 16.5. The molecule has 1 heterocycles. The van der Waals surface area contributed by atoms with Gasteiger partial charge >= 0.3 is 0 Å². The Balaban J connectivity index is 1.56. The summed E-state index contributed by atoms with van der Waals surface area (Å²) in [6.45, 7) is 2.57. The Bertz CT molecular complexity index is 340. The minimum atomic E-state index is 0.518. The van der Waals surface area contributed by atoms with E-state index in [1.54, 1.807) is 6.20 Å². The monoisotopic (exact) mass is 298 g/mol. The quantitative estimate of drug-likeness (QED) is 0.820. The summed E-state index contributed by atoms with van der Waals surface area (Å²) in [5.41, 5.74) is 1.19. The highest BCUT2D eigenvalue weighted by Crippen LogP contribution is 2.20. The maximum atomic E-state index is 5.78. The number of nitrogens with zero attached hydrogens (tertiary/aromatic N) is 1. The van der Waals surface area contributed by atoms with E-state index in [-0.39, 0.29) is 0 Å². The van der Waals surface area contributed by atoms with Gasteiger partial charge in [-0.05, 0) is 40.4 Å². The molecule has 0 unspecified atom stereocenters. The van der Waals surface area contributed by atoms with Crippen molar-refractivity contribution in [1.82, 2.24) is 10.3 Å². The minimum Gasteiger partial charge on any atom is -0.377 e. The lowest BCUT2D eigenvalue weighted by Crippen LogP contribution is -2.21. The SMILES string of the molecule is Brc1cncc(CNCCOC2CCCC2)c1. The molecule has 1 aromatic rings. The maximum absolute atomic E-state index is 5.78. The molecule has 4 heteroatoms. The van der Waals surface area contributed by atoms with Crippen LogP contribution in [-0.2, 0) is 11.3 Å². The highest BCUT2D eigenvalue weighted by atomic mass is 79.9. The number of nitrogens with one attached hydrogen (secondary N) is 1. The van der Waals surface area contributed by atoms with Gasteiger partial charge in [-0.15, -0.1) is 0 Å². The van der Waals surface area contributed by atoms with Crippen molar-refractivity contribution in [2.75, 3.05) is 13.2 Å². The van der Waals surface area contributed by atoms with Crippen molar-refractivity contribution in [2.45, 2.75) is 38.3 Å². The molecular formula is C13H19BrN2O. The van der Waals surface area contributed by atoms with Gasteiger partial charge in [-0.1, -0.05) is 12.8 Å². The standard InChI is InChI=1S/C13H19BrN2O/c14-12-7-11(9-16-10-12)8-15-5-6-17-13-3-1-2-4-13/h7,9-10,13,15H,1-6,8H2. The Morgan fingerprint density at radius 2 is 2.18 bits per heavy atom. The predicted octanol–water partition coefficient (Wildman–Crippen LogP) is 2.89. The largest absolute Gasteiger partial charge is 0.377 e. The Labute approximate surface area is 111 Å². The third-order valence-electron chi connectivity index (χ3n) is 3.03. The second kappa shape index (κ2) is 7.09. The number of aromatic nitrogens is 1. The van der Waals surface area contributed by atoms with E-state index in [1.807, 2.05) is 6.20 Å². The molecule has 17 heavy (non-hydrogen) atoms. The first-order valence-electron chi connectivity index (χ1n) is 6.26. The number of hydrogen-bond donors (Lipinski definition) is 1. The van der Waals surface area contributed by atoms with E-state index in [2.05, 4.69) is 32.3 Å². The number of pyridine rings is 1. The van der Waals surface area contributed by atoms with Crippen LogP contribution in [-0.4, -0.2) is 24.2 Å². The molecule has 1 N–H and O–H groups in total. The fraction of sp³-hybridized carbons (Fsp3) is 0.615. The van der Waals surface area contributed by atoms with Crippen LogP contribution in [0.15, 0.2) is 22.9 Å². The van der Waals surface area contributed by atoms with Crippen LogP contribution < -0.4 is 5.32 Å². The van der Waals surface area contributed by atoms with E-state index in [1.165, 1.54) is 31.2 Å². The van der Waals surface area contributed by atoms with Crippen molar-refractivity contribution in [3.63, 3.8) is 0 Å². The average Bonchev–Trinajstić information content (AvgIpc) is 2.82.